The number of aliphatic hydroxyl groups is 1. The van der Waals surface area contributed by atoms with E-state index in [0.717, 1.165) is 19.1 Å². The van der Waals surface area contributed by atoms with Gasteiger partial charge < -0.3 is 5.11 Å². The average molecular weight is 220 g/mol. The summed E-state index contributed by atoms with van der Waals surface area (Å²) in [5.41, 5.74) is 1.83. The van der Waals surface area contributed by atoms with Gasteiger partial charge in [-0.25, -0.2) is 0 Å². The highest BCUT2D eigenvalue weighted by molar-refractivity contribution is 5.75. The number of allylic oxidation sites excluding steroid dienone is 2. The Morgan fingerprint density at radius 3 is 2.94 bits per heavy atom. The van der Waals surface area contributed by atoms with Gasteiger partial charge in [-0.2, -0.15) is 0 Å². The standard InChI is InChI=1S/C14H20O2/c1-9-4-5-14(3)7-11(8-15)13(16)6-12(14)10(9)2/h7-9,12-13,16H,2,4-6H2,1,3H3/t9-,12+,13-,14+/m0/s1. The Labute approximate surface area is 97.0 Å². The van der Waals surface area contributed by atoms with Crippen molar-refractivity contribution in [2.45, 2.75) is 39.2 Å². The average Bonchev–Trinajstić information content (AvgIpc) is 2.26. The highest BCUT2D eigenvalue weighted by atomic mass is 16.3. The Balaban J connectivity index is 2.37. The molecule has 2 aliphatic carbocycles. The van der Waals surface area contributed by atoms with Gasteiger partial charge in [0.1, 0.15) is 6.29 Å². The van der Waals surface area contributed by atoms with Crippen LogP contribution in [-0.2, 0) is 4.79 Å². The van der Waals surface area contributed by atoms with E-state index >= 15 is 0 Å². The van der Waals surface area contributed by atoms with Gasteiger partial charge in [-0.15, -0.1) is 0 Å². The van der Waals surface area contributed by atoms with Gasteiger partial charge in [-0.1, -0.05) is 32.1 Å². The molecule has 0 amide bonds. The lowest BCUT2D eigenvalue weighted by Gasteiger charge is -2.47. The molecule has 2 nitrogen and oxygen atoms in total. The topological polar surface area (TPSA) is 37.3 Å². The minimum atomic E-state index is -0.599. The van der Waals surface area contributed by atoms with Crippen LogP contribution in [0.4, 0.5) is 0 Å². The zero-order valence-corrected chi connectivity index (χ0v) is 10.1. The van der Waals surface area contributed by atoms with Crippen LogP contribution in [0.1, 0.15) is 33.1 Å². The molecule has 0 radical (unpaired) electrons. The number of aldehydes is 1. The predicted octanol–water partition coefficient (Wildman–Crippen LogP) is 2.48. The molecule has 1 N–H and O–H groups in total. The van der Waals surface area contributed by atoms with Crippen LogP contribution in [0.5, 0.6) is 0 Å². The maximum absolute atomic E-state index is 10.9. The van der Waals surface area contributed by atoms with Crippen molar-refractivity contribution < 1.29 is 9.90 Å². The highest BCUT2D eigenvalue weighted by Crippen LogP contribution is 2.51. The zero-order chi connectivity index (χ0) is 11.9. The summed E-state index contributed by atoms with van der Waals surface area (Å²) in [6.45, 7) is 8.57. The molecular formula is C14H20O2. The number of fused-ring (bicyclic) bond motifs is 1. The molecule has 0 saturated heterocycles. The van der Waals surface area contributed by atoms with E-state index in [1.54, 1.807) is 0 Å². The van der Waals surface area contributed by atoms with Crippen molar-refractivity contribution in [1.29, 1.82) is 0 Å². The molecule has 0 aromatic heterocycles. The summed E-state index contributed by atoms with van der Waals surface area (Å²) in [7, 11) is 0. The summed E-state index contributed by atoms with van der Waals surface area (Å²) >= 11 is 0. The molecule has 88 valence electrons. The molecule has 2 rings (SSSR count). The lowest BCUT2D eigenvalue weighted by molar-refractivity contribution is -0.106. The second-order valence-corrected chi connectivity index (χ2v) is 5.59. The molecule has 0 bridgehead atoms. The summed E-state index contributed by atoms with van der Waals surface area (Å²) in [4.78, 5) is 10.9. The maximum atomic E-state index is 10.9. The quantitative estimate of drug-likeness (QED) is 0.544. The third kappa shape index (κ3) is 1.65. The first-order valence-electron chi connectivity index (χ1n) is 6.02. The van der Waals surface area contributed by atoms with E-state index in [1.165, 1.54) is 5.57 Å². The predicted molar refractivity (Wildman–Crippen MR) is 63.9 cm³/mol. The van der Waals surface area contributed by atoms with Gasteiger partial charge in [0.25, 0.3) is 0 Å². The van der Waals surface area contributed by atoms with Gasteiger partial charge in [-0.05, 0) is 36.5 Å². The first-order chi connectivity index (χ1) is 7.48. The molecule has 4 atom stereocenters. The first-order valence-corrected chi connectivity index (χ1v) is 6.02. The van der Waals surface area contributed by atoms with Gasteiger partial charge in [-0.3, -0.25) is 4.79 Å². The fourth-order valence-electron chi connectivity index (χ4n) is 3.20. The van der Waals surface area contributed by atoms with Crippen molar-refractivity contribution in [3.63, 3.8) is 0 Å². The lowest BCUT2D eigenvalue weighted by Crippen LogP contribution is -2.40. The van der Waals surface area contributed by atoms with Crippen LogP contribution < -0.4 is 0 Å². The molecule has 0 spiro atoms. The largest absolute Gasteiger partial charge is 0.388 e. The summed E-state index contributed by atoms with van der Waals surface area (Å²) in [6, 6.07) is 0. The fraction of sp³-hybridized carbons (Fsp3) is 0.643. The second kappa shape index (κ2) is 3.85. The molecule has 0 aromatic rings. The van der Waals surface area contributed by atoms with Crippen molar-refractivity contribution in [2.24, 2.45) is 17.3 Å². The van der Waals surface area contributed by atoms with Crippen LogP contribution in [-0.4, -0.2) is 17.5 Å². The third-order valence-electron chi connectivity index (χ3n) is 4.47. The molecular weight excluding hydrogens is 200 g/mol. The van der Waals surface area contributed by atoms with Crippen molar-refractivity contribution in [3.8, 4) is 0 Å². The number of carbonyl (C=O) groups excluding carboxylic acids is 1. The lowest BCUT2D eigenvalue weighted by atomic mass is 9.58. The van der Waals surface area contributed by atoms with Crippen LogP contribution >= 0.6 is 0 Å². The SMILES string of the molecule is C=C1[C@H]2C[C@H](O)C(C=O)=C[C@@]2(C)CC[C@@H]1C. The van der Waals surface area contributed by atoms with Crippen LogP contribution in [0.3, 0.4) is 0 Å². The maximum Gasteiger partial charge on any atom is 0.148 e. The minimum Gasteiger partial charge on any atom is -0.388 e. The van der Waals surface area contributed by atoms with E-state index in [2.05, 4.69) is 20.4 Å². The van der Waals surface area contributed by atoms with E-state index in [-0.39, 0.29) is 5.41 Å². The fourth-order valence-corrected chi connectivity index (χ4v) is 3.20. The molecule has 2 heteroatoms. The van der Waals surface area contributed by atoms with E-state index in [1.807, 2.05) is 6.08 Å². The van der Waals surface area contributed by atoms with Crippen LogP contribution in [0.15, 0.2) is 23.8 Å². The third-order valence-corrected chi connectivity index (χ3v) is 4.47. The Morgan fingerprint density at radius 2 is 2.31 bits per heavy atom. The number of hydrogen-bond donors (Lipinski definition) is 1. The van der Waals surface area contributed by atoms with Crippen LogP contribution in [0.2, 0.25) is 0 Å². The van der Waals surface area contributed by atoms with Crippen LogP contribution in [0.25, 0.3) is 0 Å². The summed E-state index contributed by atoms with van der Waals surface area (Å²) in [5.74, 6) is 0.867. The molecule has 0 heterocycles. The Bertz CT molecular complexity index is 356. The number of rotatable bonds is 1. The van der Waals surface area contributed by atoms with Crippen molar-refractivity contribution >= 4 is 6.29 Å². The zero-order valence-electron chi connectivity index (χ0n) is 10.1. The smallest absolute Gasteiger partial charge is 0.148 e. The summed E-state index contributed by atoms with van der Waals surface area (Å²) in [5, 5.41) is 9.89. The number of carbonyl (C=O) groups is 1. The van der Waals surface area contributed by atoms with E-state index in [9.17, 15) is 9.90 Å². The van der Waals surface area contributed by atoms with E-state index in [4.69, 9.17) is 0 Å². The second-order valence-electron chi connectivity index (χ2n) is 5.59. The van der Waals surface area contributed by atoms with Gasteiger partial charge in [0, 0.05) is 5.57 Å². The van der Waals surface area contributed by atoms with Crippen molar-refractivity contribution in [2.75, 3.05) is 0 Å². The number of aliphatic hydroxyl groups excluding tert-OH is 1. The molecule has 1 saturated carbocycles. The summed E-state index contributed by atoms with van der Waals surface area (Å²) < 4.78 is 0. The summed E-state index contributed by atoms with van der Waals surface area (Å²) in [6.07, 6.45) is 5.05. The van der Waals surface area contributed by atoms with Crippen molar-refractivity contribution in [3.05, 3.63) is 23.8 Å². The van der Waals surface area contributed by atoms with Gasteiger partial charge in [0.15, 0.2) is 0 Å². The highest BCUT2D eigenvalue weighted by Gasteiger charge is 2.44. The Kier molecular flexibility index (Phi) is 2.79. The van der Waals surface area contributed by atoms with Gasteiger partial charge in [0.05, 0.1) is 6.10 Å². The Morgan fingerprint density at radius 1 is 1.62 bits per heavy atom. The van der Waals surface area contributed by atoms with Gasteiger partial charge >= 0.3 is 0 Å². The molecule has 16 heavy (non-hydrogen) atoms. The van der Waals surface area contributed by atoms with E-state index < -0.39 is 6.10 Å². The van der Waals surface area contributed by atoms with Crippen molar-refractivity contribution in [1.82, 2.24) is 0 Å². The van der Waals surface area contributed by atoms with E-state index in [0.29, 0.717) is 23.8 Å². The minimum absolute atomic E-state index is 0.0269. The molecule has 0 aliphatic heterocycles. The van der Waals surface area contributed by atoms with Gasteiger partial charge in [0.2, 0.25) is 0 Å². The molecule has 1 fully saturated rings. The Hall–Kier alpha value is -0.890. The first kappa shape index (κ1) is 11.6. The monoisotopic (exact) mass is 220 g/mol. The normalized spacial score (nSPS) is 43.6. The number of hydrogen-bond acceptors (Lipinski definition) is 2. The molecule has 0 unspecified atom stereocenters. The molecule has 0 aromatic carbocycles. The molecule has 2 aliphatic rings. The van der Waals surface area contributed by atoms with Crippen LogP contribution in [0, 0.1) is 17.3 Å².